The number of furan rings is 1. The number of likely N-dealkylation sites (N-methyl/N-ethyl adjacent to an activating group) is 1. The Hall–Kier alpha value is -1.29. The lowest BCUT2D eigenvalue weighted by atomic mass is 10.4. The summed E-state index contributed by atoms with van der Waals surface area (Å²) in [4.78, 5) is 12.9. The number of hydrogen-bond acceptors (Lipinski definition) is 3. The van der Waals surface area contributed by atoms with Gasteiger partial charge in [0, 0.05) is 14.2 Å². The van der Waals surface area contributed by atoms with Gasteiger partial charge < -0.3 is 14.1 Å². The molecule has 4 heteroatoms. The third-order valence-corrected chi connectivity index (χ3v) is 1.88. The van der Waals surface area contributed by atoms with Gasteiger partial charge in [0.25, 0.3) is 0 Å². The predicted molar refractivity (Wildman–Crippen MR) is 51.8 cm³/mol. The minimum absolute atomic E-state index is 0.0541. The second-order valence-electron chi connectivity index (χ2n) is 3.20. The summed E-state index contributed by atoms with van der Waals surface area (Å²) in [5, 5.41) is 0. The molecule has 0 N–H and O–H groups in total. The predicted octanol–water partition coefficient (Wildman–Crippen LogP) is 1.19. The maximum atomic E-state index is 11.3. The number of rotatable bonds is 4. The van der Waals surface area contributed by atoms with Gasteiger partial charge in [0.1, 0.15) is 18.1 Å². The Morgan fingerprint density at radius 2 is 2.29 bits per heavy atom. The van der Waals surface area contributed by atoms with Crippen molar-refractivity contribution in [1.82, 2.24) is 4.90 Å². The normalized spacial score (nSPS) is 10.2. The number of ether oxygens (including phenoxy) is 1. The molecule has 0 aromatic carbocycles. The van der Waals surface area contributed by atoms with Gasteiger partial charge in [0.05, 0.1) is 6.54 Å². The Morgan fingerprint density at radius 1 is 1.57 bits per heavy atom. The second-order valence-corrected chi connectivity index (χ2v) is 3.20. The number of nitrogens with zero attached hydrogens (tertiary/aromatic N) is 1. The Kier molecular flexibility index (Phi) is 3.71. The molecule has 0 bridgehead atoms. The van der Waals surface area contributed by atoms with Gasteiger partial charge in [0.15, 0.2) is 0 Å². The van der Waals surface area contributed by atoms with Crippen LogP contribution in [0, 0.1) is 6.92 Å². The first-order valence-electron chi connectivity index (χ1n) is 4.41. The Balaban J connectivity index is 2.48. The summed E-state index contributed by atoms with van der Waals surface area (Å²) in [7, 11) is 3.22. The largest absolute Gasteiger partial charge is 0.464 e. The fraction of sp³-hybridized carbons (Fsp3) is 0.500. The molecular formula is C10H15NO3. The van der Waals surface area contributed by atoms with Crippen molar-refractivity contribution in [2.45, 2.75) is 13.5 Å². The van der Waals surface area contributed by atoms with Crippen molar-refractivity contribution in [3.63, 3.8) is 0 Å². The van der Waals surface area contributed by atoms with E-state index in [2.05, 4.69) is 0 Å². The SMILES string of the molecule is COCC(=O)N(C)Cc1ccc(C)o1. The maximum absolute atomic E-state index is 11.3. The van der Waals surface area contributed by atoms with Crippen molar-refractivity contribution in [1.29, 1.82) is 0 Å². The molecule has 1 amide bonds. The Morgan fingerprint density at radius 3 is 2.79 bits per heavy atom. The average Bonchev–Trinajstić information content (AvgIpc) is 2.51. The molecule has 1 aromatic heterocycles. The van der Waals surface area contributed by atoms with Gasteiger partial charge in [-0.2, -0.15) is 0 Å². The van der Waals surface area contributed by atoms with Crippen LogP contribution in [0.25, 0.3) is 0 Å². The highest BCUT2D eigenvalue weighted by atomic mass is 16.5. The van der Waals surface area contributed by atoms with Crippen LogP contribution in [0.5, 0.6) is 0 Å². The van der Waals surface area contributed by atoms with Crippen LogP contribution >= 0.6 is 0 Å². The van der Waals surface area contributed by atoms with E-state index in [1.165, 1.54) is 7.11 Å². The second kappa shape index (κ2) is 4.81. The van der Waals surface area contributed by atoms with Crippen molar-refractivity contribution < 1.29 is 13.9 Å². The summed E-state index contributed by atoms with van der Waals surface area (Å²) in [6, 6.07) is 3.75. The minimum atomic E-state index is -0.0541. The zero-order chi connectivity index (χ0) is 10.6. The molecular weight excluding hydrogens is 182 g/mol. The molecule has 0 atom stereocenters. The molecule has 0 saturated carbocycles. The standard InChI is InChI=1S/C10H15NO3/c1-8-4-5-9(14-8)6-11(2)10(12)7-13-3/h4-5H,6-7H2,1-3H3. The summed E-state index contributed by atoms with van der Waals surface area (Å²) >= 11 is 0. The molecule has 0 saturated heterocycles. The summed E-state index contributed by atoms with van der Waals surface area (Å²) in [6.07, 6.45) is 0. The highest BCUT2D eigenvalue weighted by Crippen LogP contribution is 2.08. The van der Waals surface area contributed by atoms with Gasteiger partial charge in [-0.05, 0) is 19.1 Å². The van der Waals surface area contributed by atoms with Gasteiger partial charge in [0.2, 0.25) is 5.91 Å². The van der Waals surface area contributed by atoms with E-state index >= 15 is 0 Å². The van der Waals surface area contributed by atoms with Crippen LogP contribution in [0.1, 0.15) is 11.5 Å². The van der Waals surface area contributed by atoms with E-state index in [1.54, 1.807) is 11.9 Å². The molecule has 0 aliphatic carbocycles. The third-order valence-electron chi connectivity index (χ3n) is 1.88. The number of hydrogen-bond donors (Lipinski definition) is 0. The zero-order valence-electron chi connectivity index (χ0n) is 8.74. The minimum Gasteiger partial charge on any atom is -0.464 e. The van der Waals surface area contributed by atoms with Crippen LogP contribution < -0.4 is 0 Å². The zero-order valence-corrected chi connectivity index (χ0v) is 8.74. The summed E-state index contributed by atoms with van der Waals surface area (Å²) in [6.45, 7) is 2.46. The van der Waals surface area contributed by atoms with E-state index < -0.39 is 0 Å². The van der Waals surface area contributed by atoms with Gasteiger partial charge in [-0.15, -0.1) is 0 Å². The number of carbonyl (C=O) groups excluding carboxylic acids is 1. The molecule has 0 spiro atoms. The molecule has 1 aromatic rings. The lowest BCUT2D eigenvalue weighted by Crippen LogP contribution is -2.29. The molecule has 0 fully saturated rings. The first-order valence-corrected chi connectivity index (χ1v) is 4.41. The van der Waals surface area contributed by atoms with E-state index in [-0.39, 0.29) is 12.5 Å². The molecule has 0 aliphatic rings. The first-order chi connectivity index (χ1) is 6.63. The summed E-state index contributed by atoms with van der Waals surface area (Å²) in [5.41, 5.74) is 0. The lowest BCUT2D eigenvalue weighted by molar-refractivity contribution is -0.134. The molecule has 0 aliphatic heterocycles. The quantitative estimate of drug-likeness (QED) is 0.728. The van der Waals surface area contributed by atoms with Gasteiger partial charge in [-0.3, -0.25) is 4.79 Å². The van der Waals surface area contributed by atoms with Crippen molar-refractivity contribution in [2.24, 2.45) is 0 Å². The fourth-order valence-corrected chi connectivity index (χ4v) is 1.13. The third kappa shape index (κ3) is 2.88. The lowest BCUT2D eigenvalue weighted by Gasteiger charge is -2.14. The van der Waals surface area contributed by atoms with Crippen LogP contribution in [-0.4, -0.2) is 31.6 Å². The number of amides is 1. The molecule has 0 unspecified atom stereocenters. The van der Waals surface area contributed by atoms with Crippen molar-refractivity contribution >= 4 is 5.91 Å². The van der Waals surface area contributed by atoms with Gasteiger partial charge in [-0.25, -0.2) is 0 Å². The van der Waals surface area contributed by atoms with Crippen molar-refractivity contribution in [3.8, 4) is 0 Å². The molecule has 0 radical (unpaired) electrons. The van der Waals surface area contributed by atoms with Crippen molar-refractivity contribution in [3.05, 3.63) is 23.7 Å². The first kappa shape index (κ1) is 10.8. The van der Waals surface area contributed by atoms with Crippen molar-refractivity contribution in [2.75, 3.05) is 20.8 Å². The molecule has 78 valence electrons. The molecule has 14 heavy (non-hydrogen) atoms. The summed E-state index contributed by atoms with van der Waals surface area (Å²) in [5.74, 6) is 1.59. The fourth-order valence-electron chi connectivity index (χ4n) is 1.13. The van der Waals surface area contributed by atoms with E-state index in [0.717, 1.165) is 11.5 Å². The van der Waals surface area contributed by atoms with Gasteiger partial charge >= 0.3 is 0 Å². The number of methoxy groups -OCH3 is 1. The molecule has 4 nitrogen and oxygen atoms in total. The van der Waals surface area contributed by atoms with Crippen LogP contribution in [0.15, 0.2) is 16.5 Å². The number of aryl methyl sites for hydroxylation is 1. The number of carbonyl (C=O) groups is 1. The summed E-state index contributed by atoms with van der Waals surface area (Å²) < 4.78 is 10.1. The van der Waals surface area contributed by atoms with Crippen LogP contribution in [-0.2, 0) is 16.1 Å². The van der Waals surface area contributed by atoms with E-state index in [9.17, 15) is 4.79 Å². The molecule has 1 heterocycles. The van der Waals surface area contributed by atoms with E-state index in [0.29, 0.717) is 6.54 Å². The van der Waals surface area contributed by atoms with Crippen LogP contribution in [0.2, 0.25) is 0 Å². The topological polar surface area (TPSA) is 42.7 Å². The van der Waals surface area contributed by atoms with Crippen LogP contribution in [0.4, 0.5) is 0 Å². The smallest absolute Gasteiger partial charge is 0.248 e. The highest BCUT2D eigenvalue weighted by molar-refractivity contribution is 5.77. The van der Waals surface area contributed by atoms with Gasteiger partial charge in [-0.1, -0.05) is 0 Å². The highest BCUT2D eigenvalue weighted by Gasteiger charge is 2.10. The monoisotopic (exact) mass is 197 g/mol. The van der Waals surface area contributed by atoms with E-state index in [4.69, 9.17) is 9.15 Å². The van der Waals surface area contributed by atoms with Crippen LogP contribution in [0.3, 0.4) is 0 Å². The Bertz CT molecular complexity index is 306. The average molecular weight is 197 g/mol. The Labute approximate surface area is 83.5 Å². The van der Waals surface area contributed by atoms with E-state index in [1.807, 2.05) is 19.1 Å². The molecule has 1 rings (SSSR count). The maximum Gasteiger partial charge on any atom is 0.248 e.